The molecule has 1 rings (SSSR count). The van der Waals surface area contributed by atoms with E-state index in [1.54, 1.807) is 14.2 Å². The number of hydrogen-bond donors (Lipinski definition) is 2. The highest BCUT2D eigenvalue weighted by molar-refractivity contribution is 6.32. The Kier molecular flexibility index (Phi) is 8.82. The third-order valence-electron chi connectivity index (χ3n) is 2.96. The Morgan fingerprint density at radius 3 is 2.71 bits per heavy atom. The molecule has 0 aliphatic heterocycles. The zero-order valence-electron chi connectivity index (χ0n) is 12.6. The Balaban J connectivity index is 2.19. The van der Waals surface area contributed by atoms with Gasteiger partial charge in [0.15, 0.2) is 0 Å². The molecule has 0 bridgehead atoms. The van der Waals surface area contributed by atoms with Crippen LogP contribution in [0.2, 0.25) is 5.02 Å². The zero-order valence-corrected chi connectivity index (χ0v) is 13.3. The fraction of sp³-hybridized carbons (Fsp3) is 0.533. The Bertz CT molecular complexity index is 441. The molecule has 1 amide bonds. The van der Waals surface area contributed by atoms with E-state index in [-0.39, 0.29) is 5.91 Å². The number of hydrogen-bond acceptors (Lipinski definition) is 4. The van der Waals surface area contributed by atoms with Gasteiger partial charge in [0.25, 0.3) is 0 Å². The highest BCUT2D eigenvalue weighted by Gasteiger charge is 2.05. The van der Waals surface area contributed by atoms with Crippen molar-refractivity contribution in [2.75, 3.05) is 40.5 Å². The maximum atomic E-state index is 11.7. The van der Waals surface area contributed by atoms with Gasteiger partial charge in [0.1, 0.15) is 5.75 Å². The molecule has 118 valence electrons. The van der Waals surface area contributed by atoms with Gasteiger partial charge in [-0.05, 0) is 24.1 Å². The maximum Gasteiger partial charge on any atom is 0.220 e. The molecule has 0 aliphatic rings. The molecule has 0 saturated carbocycles. The molecule has 0 aliphatic carbocycles. The highest BCUT2D eigenvalue weighted by atomic mass is 35.5. The number of nitrogens with one attached hydrogen (secondary N) is 2. The number of methoxy groups -OCH3 is 2. The second-order valence-corrected chi connectivity index (χ2v) is 4.97. The standard InChI is InChI=1S/C15H23ClN2O3/c1-20-10-9-17-7-8-18-15(19)6-4-12-3-5-14(21-2)13(16)11-12/h3,5,11,17H,4,6-10H2,1-2H3,(H,18,19). The first kappa shape index (κ1) is 17.8. The zero-order chi connectivity index (χ0) is 15.5. The monoisotopic (exact) mass is 314 g/mol. The summed E-state index contributed by atoms with van der Waals surface area (Å²) < 4.78 is 10.0. The molecule has 0 saturated heterocycles. The van der Waals surface area contributed by atoms with Crippen molar-refractivity contribution in [3.63, 3.8) is 0 Å². The lowest BCUT2D eigenvalue weighted by Crippen LogP contribution is -2.33. The fourth-order valence-electron chi connectivity index (χ4n) is 1.80. The average molecular weight is 315 g/mol. The van der Waals surface area contributed by atoms with Gasteiger partial charge in [-0.1, -0.05) is 17.7 Å². The smallest absolute Gasteiger partial charge is 0.220 e. The van der Waals surface area contributed by atoms with Gasteiger partial charge in [0.05, 0.1) is 18.7 Å². The van der Waals surface area contributed by atoms with E-state index in [9.17, 15) is 4.79 Å². The number of amides is 1. The molecule has 5 nitrogen and oxygen atoms in total. The third-order valence-corrected chi connectivity index (χ3v) is 3.26. The molecule has 0 heterocycles. The first-order valence-corrected chi connectivity index (χ1v) is 7.34. The number of carbonyl (C=O) groups excluding carboxylic acids is 1. The average Bonchev–Trinajstić information content (AvgIpc) is 2.49. The molecule has 0 fully saturated rings. The van der Waals surface area contributed by atoms with Crippen LogP contribution >= 0.6 is 11.6 Å². The van der Waals surface area contributed by atoms with Crippen molar-refractivity contribution in [2.24, 2.45) is 0 Å². The number of aryl methyl sites for hydroxylation is 1. The van der Waals surface area contributed by atoms with E-state index in [1.165, 1.54) is 0 Å². The molecular formula is C15H23ClN2O3. The summed E-state index contributed by atoms with van der Waals surface area (Å²) in [7, 11) is 3.24. The van der Waals surface area contributed by atoms with Crippen molar-refractivity contribution in [2.45, 2.75) is 12.8 Å². The van der Waals surface area contributed by atoms with E-state index in [4.69, 9.17) is 21.1 Å². The van der Waals surface area contributed by atoms with Gasteiger partial charge in [-0.3, -0.25) is 4.79 Å². The number of rotatable bonds is 10. The molecule has 1 aromatic carbocycles. The maximum absolute atomic E-state index is 11.7. The quantitative estimate of drug-likeness (QED) is 0.645. The van der Waals surface area contributed by atoms with Crippen LogP contribution in [-0.4, -0.2) is 46.4 Å². The van der Waals surface area contributed by atoms with Crippen molar-refractivity contribution in [1.29, 1.82) is 0 Å². The summed E-state index contributed by atoms with van der Waals surface area (Å²) in [5.74, 6) is 0.683. The van der Waals surface area contributed by atoms with Gasteiger partial charge in [-0.25, -0.2) is 0 Å². The highest BCUT2D eigenvalue weighted by Crippen LogP contribution is 2.25. The van der Waals surface area contributed by atoms with Crippen LogP contribution < -0.4 is 15.4 Å². The van der Waals surface area contributed by atoms with E-state index in [0.29, 0.717) is 36.8 Å². The first-order valence-electron chi connectivity index (χ1n) is 6.96. The normalized spacial score (nSPS) is 10.4. The molecule has 0 unspecified atom stereocenters. The SMILES string of the molecule is COCCNCCNC(=O)CCc1ccc(OC)c(Cl)c1. The fourth-order valence-corrected chi connectivity index (χ4v) is 2.08. The minimum atomic E-state index is 0.0375. The predicted octanol–water partition coefficient (Wildman–Crippen LogP) is 1.63. The molecular weight excluding hydrogens is 292 g/mol. The van der Waals surface area contributed by atoms with Gasteiger partial charge < -0.3 is 20.1 Å². The Labute approximate surface area is 131 Å². The summed E-state index contributed by atoms with van der Waals surface area (Å²) in [5, 5.41) is 6.60. The van der Waals surface area contributed by atoms with Crippen LogP contribution in [0.5, 0.6) is 5.75 Å². The number of ether oxygens (including phenoxy) is 2. The molecule has 2 N–H and O–H groups in total. The molecule has 0 spiro atoms. The van der Waals surface area contributed by atoms with Gasteiger partial charge in [0, 0.05) is 33.2 Å². The van der Waals surface area contributed by atoms with Crippen LogP contribution in [0, 0.1) is 0 Å². The predicted molar refractivity (Wildman–Crippen MR) is 84.1 cm³/mol. The third kappa shape index (κ3) is 7.32. The summed E-state index contributed by atoms with van der Waals surface area (Å²) in [4.78, 5) is 11.7. The minimum Gasteiger partial charge on any atom is -0.495 e. The molecule has 0 aromatic heterocycles. The van der Waals surface area contributed by atoms with E-state index in [1.807, 2.05) is 18.2 Å². The molecule has 21 heavy (non-hydrogen) atoms. The first-order chi connectivity index (χ1) is 10.2. The van der Waals surface area contributed by atoms with Crippen LogP contribution in [0.3, 0.4) is 0 Å². The lowest BCUT2D eigenvalue weighted by atomic mass is 10.1. The van der Waals surface area contributed by atoms with Crippen molar-refractivity contribution in [1.82, 2.24) is 10.6 Å². The van der Waals surface area contributed by atoms with Gasteiger partial charge in [-0.2, -0.15) is 0 Å². The van der Waals surface area contributed by atoms with Crippen molar-refractivity contribution >= 4 is 17.5 Å². The summed E-state index contributed by atoms with van der Waals surface area (Å²) in [6.07, 6.45) is 1.10. The van der Waals surface area contributed by atoms with E-state index in [0.717, 1.165) is 18.7 Å². The number of carbonyl (C=O) groups is 1. The number of benzene rings is 1. The lowest BCUT2D eigenvalue weighted by molar-refractivity contribution is -0.121. The summed E-state index contributed by atoms with van der Waals surface area (Å²) in [6.45, 7) is 2.82. The van der Waals surface area contributed by atoms with Crippen molar-refractivity contribution in [3.05, 3.63) is 28.8 Å². The summed E-state index contributed by atoms with van der Waals surface area (Å²) in [6, 6.07) is 5.57. The van der Waals surface area contributed by atoms with Crippen LogP contribution in [-0.2, 0) is 16.0 Å². The summed E-state index contributed by atoms with van der Waals surface area (Å²) >= 11 is 6.04. The van der Waals surface area contributed by atoms with Gasteiger partial charge >= 0.3 is 0 Å². The largest absolute Gasteiger partial charge is 0.495 e. The van der Waals surface area contributed by atoms with Gasteiger partial charge in [0.2, 0.25) is 5.91 Å². The minimum absolute atomic E-state index is 0.0375. The van der Waals surface area contributed by atoms with Crippen molar-refractivity contribution < 1.29 is 14.3 Å². The van der Waals surface area contributed by atoms with Crippen LogP contribution in [0.1, 0.15) is 12.0 Å². The van der Waals surface area contributed by atoms with Crippen molar-refractivity contribution in [3.8, 4) is 5.75 Å². The molecule has 6 heteroatoms. The topological polar surface area (TPSA) is 59.6 Å². The second kappa shape index (κ2) is 10.4. The lowest BCUT2D eigenvalue weighted by Gasteiger charge is -2.08. The van der Waals surface area contributed by atoms with Crippen LogP contribution in [0.4, 0.5) is 0 Å². The second-order valence-electron chi connectivity index (χ2n) is 4.56. The van der Waals surface area contributed by atoms with Crippen LogP contribution in [0.25, 0.3) is 0 Å². The Hall–Kier alpha value is -1.30. The van der Waals surface area contributed by atoms with E-state index in [2.05, 4.69) is 10.6 Å². The Morgan fingerprint density at radius 2 is 2.05 bits per heavy atom. The Morgan fingerprint density at radius 1 is 1.24 bits per heavy atom. The molecule has 0 radical (unpaired) electrons. The van der Waals surface area contributed by atoms with Gasteiger partial charge in [-0.15, -0.1) is 0 Å². The van der Waals surface area contributed by atoms with E-state index >= 15 is 0 Å². The number of halogens is 1. The summed E-state index contributed by atoms with van der Waals surface area (Å²) in [5.41, 5.74) is 1.02. The molecule has 1 aromatic rings. The molecule has 0 atom stereocenters. The van der Waals surface area contributed by atoms with E-state index < -0.39 is 0 Å². The van der Waals surface area contributed by atoms with Crippen LogP contribution in [0.15, 0.2) is 18.2 Å².